The van der Waals surface area contributed by atoms with E-state index in [1.54, 1.807) is 24.3 Å². The lowest BCUT2D eigenvalue weighted by Crippen LogP contribution is -2.29. The summed E-state index contributed by atoms with van der Waals surface area (Å²) >= 11 is 0. The average Bonchev–Trinajstić information content (AvgIpc) is 2.63. The minimum absolute atomic E-state index is 0.0733. The molecule has 24 heavy (non-hydrogen) atoms. The Kier molecular flexibility index (Phi) is 5.12. The number of piperidine rings is 1. The van der Waals surface area contributed by atoms with Crippen LogP contribution in [0.4, 0.5) is 11.4 Å². The van der Waals surface area contributed by atoms with Gasteiger partial charge in [-0.2, -0.15) is 5.26 Å². The molecule has 1 amide bonds. The van der Waals surface area contributed by atoms with Crippen LogP contribution in [0, 0.1) is 11.3 Å². The van der Waals surface area contributed by atoms with Crippen LogP contribution in [0.15, 0.2) is 48.5 Å². The number of carbonyl (C=O) groups is 1. The van der Waals surface area contributed by atoms with Gasteiger partial charge in [0.2, 0.25) is 5.91 Å². The molecule has 1 heterocycles. The van der Waals surface area contributed by atoms with Crippen LogP contribution in [-0.2, 0) is 11.2 Å². The summed E-state index contributed by atoms with van der Waals surface area (Å²) in [4.78, 5) is 14.6. The molecule has 0 atom stereocenters. The molecule has 1 aliphatic heterocycles. The highest BCUT2D eigenvalue weighted by atomic mass is 16.1. The molecule has 0 aromatic heterocycles. The van der Waals surface area contributed by atoms with Crippen molar-refractivity contribution in [1.82, 2.24) is 0 Å². The summed E-state index contributed by atoms with van der Waals surface area (Å²) in [5, 5.41) is 11.7. The molecule has 0 bridgehead atoms. The number of nitrogens with zero attached hydrogens (tertiary/aromatic N) is 2. The number of rotatable bonds is 4. The number of hydrogen-bond donors (Lipinski definition) is 1. The van der Waals surface area contributed by atoms with Crippen molar-refractivity contribution in [2.24, 2.45) is 0 Å². The first-order valence-corrected chi connectivity index (χ1v) is 8.38. The summed E-state index contributed by atoms with van der Waals surface area (Å²) in [6.07, 6.45) is 4.16. The quantitative estimate of drug-likeness (QED) is 0.934. The first-order chi connectivity index (χ1) is 11.7. The van der Waals surface area contributed by atoms with Gasteiger partial charge in [-0.05, 0) is 55.2 Å². The zero-order valence-electron chi connectivity index (χ0n) is 13.7. The maximum absolute atomic E-state index is 12.2. The summed E-state index contributed by atoms with van der Waals surface area (Å²) in [5.41, 5.74) is 3.42. The molecule has 122 valence electrons. The fourth-order valence-corrected chi connectivity index (χ4v) is 3.03. The molecular weight excluding hydrogens is 298 g/mol. The zero-order chi connectivity index (χ0) is 16.8. The normalized spacial score (nSPS) is 14.0. The highest BCUT2D eigenvalue weighted by molar-refractivity contribution is 5.92. The first kappa shape index (κ1) is 16.1. The number of nitriles is 1. The van der Waals surface area contributed by atoms with E-state index in [9.17, 15) is 4.79 Å². The number of benzene rings is 2. The van der Waals surface area contributed by atoms with Crippen molar-refractivity contribution in [3.05, 3.63) is 59.7 Å². The fourth-order valence-electron chi connectivity index (χ4n) is 3.03. The van der Waals surface area contributed by atoms with E-state index in [1.807, 2.05) is 12.1 Å². The van der Waals surface area contributed by atoms with Crippen molar-refractivity contribution in [2.45, 2.75) is 25.7 Å². The van der Waals surface area contributed by atoms with Crippen LogP contribution in [-0.4, -0.2) is 19.0 Å². The van der Waals surface area contributed by atoms with Gasteiger partial charge in [-0.25, -0.2) is 0 Å². The monoisotopic (exact) mass is 319 g/mol. The number of hydrogen-bond acceptors (Lipinski definition) is 3. The van der Waals surface area contributed by atoms with E-state index in [4.69, 9.17) is 5.26 Å². The Labute approximate surface area is 142 Å². The molecule has 4 heteroatoms. The summed E-state index contributed by atoms with van der Waals surface area (Å²) in [6.45, 7) is 2.24. The fraction of sp³-hybridized carbons (Fsp3) is 0.300. The third kappa shape index (κ3) is 4.14. The lowest BCUT2D eigenvalue weighted by atomic mass is 10.1. The van der Waals surface area contributed by atoms with Gasteiger partial charge in [0.15, 0.2) is 0 Å². The van der Waals surface area contributed by atoms with E-state index < -0.39 is 0 Å². The van der Waals surface area contributed by atoms with Crippen LogP contribution in [0.5, 0.6) is 0 Å². The standard InChI is InChI=1S/C20H21N3O/c21-15-17-5-4-6-18(13-17)22-20(24)14-16-7-9-19(10-8-16)23-11-2-1-3-12-23/h4-10,13H,1-3,11-12,14H2,(H,22,24). The molecule has 2 aromatic rings. The molecule has 2 aromatic carbocycles. The van der Waals surface area contributed by atoms with Crippen molar-refractivity contribution in [3.63, 3.8) is 0 Å². The molecule has 1 saturated heterocycles. The molecule has 4 nitrogen and oxygen atoms in total. The Morgan fingerprint density at radius 2 is 1.83 bits per heavy atom. The van der Waals surface area contributed by atoms with E-state index in [0.29, 0.717) is 17.7 Å². The van der Waals surface area contributed by atoms with Gasteiger partial charge in [-0.1, -0.05) is 18.2 Å². The number of amides is 1. The molecular formula is C20H21N3O. The minimum atomic E-state index is -0.0733. The van der Waals surface area contributed by atoms with Gasteiger partial charge < -0.3 is 10.2 Å². The number of anilines is 2. The summed E-state index contributed by atoms with van der Waals surface area (Å²) in [5.74, 6) is -0.0733. The molecule has 3 rings (SSSR count). The Morgan fingerprint density at radius 1 is 1.08 bits per heavy atom. The highest BCUT2D eigenvalue weighted by Gasteiger charge is 2.11. The summed E-state index contributed by atoms with van der Waals surface area (Å²) < 4.78 is 0. The van der Waals surface area contributed by atoms with Crippen LogP contribution < -0.4 is 10.2 Å². The van der Waals surface area contributed by atoms with Crippen LogP contribution in [0.25, 0.3) is 0 Å². The Morgan fingerprint density at radius 3 is 2.54 bits per heavy atom. The molecule has 0 radical (unpaired) electrons. The van der Waals surface area contributed by atoms with Crippen molar-refractivity contribution < 1.29 is 4.79 Å². The van der Waals surface area contributed by atoms with Gasteiger partial charge in [0.25, 0.3) is 0 Å². The largest absolute Gasteiger partial charge is 0.372 e. The topological polar surface area (TPSA) is 56.1 Å². The third-order valence-corrected chi connectivity index (χ3v) is 4.30. The van der Waals surface area contributed by atoms with E-state index in [1.165, 1.54) is 24.9 Å². The first-order valence-electron chi connectivity index (χ1n) is 8.38. The highest BCUT2D eigenvalue weighted by Crippen LogP contribution is 2.20. The van der Waals surface area contributed by atoms with Crippen LogP contribution in [0.1, 0.15) is 30.4 Å². The molecule has 0 aliphatic carbocycles. The third-order valence-electron chi connectivity index (χ3n) is 4.30. The SMILES string of the molecule is N#Cc1cccc(NC(=O)Cc2ccc(N3CCCCC3)cc2)c1. The second-order valence-corrected chi connectivity index (χ2v) is 6.13. The number of nitrogens with one attached hydrogen (secondary N) is 1. The maximum Gasteiger partial charge on any atom is 0.228 e. The minimum Gasteiger partial charge on any atom is -0.372 e. The van der Waals surface area contributed by atoms with Gasteiger partial charge in [-0.15, -0.1) is 0 Å². The lowest BCUT2D eigenvalue weighted by molar-refractivity contribution is -0.115. The molecule has 0 spiro atoms. The molecule has 1 aliphatic rings. The smallest absolute Gasteiger partial charge is 0.228 e. The van der Waals surface area contributed by atoms with E-state index >= 15 is 0 Å². The summed E-state index contributed by atoms with van der Waals surface area (Å²) in [7, 11) is 0. The predicted molar refractivity (Wildman–Crippen MR) is 96.0 cm³/mol. The van der Waals surface area contributed by atoms with Gasteiger partial charge in [0, 0.05) is 24.5 Å². The van der Waals surface area contributed by atoms with Crippen molar-refractivity contribution in [2.75, 3.05) is 23.3 Å². The average molecular weight is 319 g/mol. The van der Waals surface area contributed by atoms with Gasteiger partial charge >= 0.3 is 0 Å². The van der Waals surface area contributed by atoms with E-state index in [0.717, 1.165) is 18.7 Å². The van der Waals surface area contributed by atoms with Gasteiger partial charge in [0.1, 0.15) is 0 Å². The van der Waals surface area contributed by atoms with Crippen molar-refractivity contribution in [3.8, 4) is 6.07 Å². The predicted octanol–water partition coefficient (Wildman–Crippen LogP) is 3.73. The van der Waals surface area contributed by atoms with Gasteiger partial charge in [0.05, 0.1) is 18.1 Å². The van der Waals surface area contributed by atoms with Crippen LogP contribution in [0.3, 0.4) is 0 Å². The zero-order valence-corrected chi connectivity index (χ0v) is 13.7. The van der Waals surface area contributed by atoms with Gasteiger partial charge in [-0.3, -0.25) is 4.79 Å². The van der Waals surface area contributed by atoms with Crippen LogP contribution in [0.2, 0.25) is 0 Å². The Balaban J connectivity index is 1.59. The van der Waals surface area contributed by atoms with Crippen molar-refractivity contribution >= 4 is 17.3 Å². The second-order valence-electron chi connectivity index (χ2n) is 6.13. The molecule has 0 unspecified atom stereocenters. The van der Waals surface area contributed by atoms with E-state index in [2.05, 4.69) is 28.4 Å². The molecule has 0 saturated carbocycles. The van der Waals surface area contributed by atoms with Crippen LogP contribution >= 0.6 is 0 Å². The summed E-state index contributed by atoms with van der Waals surface area (Å²) in [6, 6.07) is 17.3. The molecule has 1 N–H and O–H groups in total. The Bertz CT molecular complexity index is 740. The lowest BCUT2D eigenvalue weighted by Gasteiger charge is -2.28. The second kappa shape index (κ2) is 7.65. The maximum atomic E-state index is 12.2. The number of carbonyl (C=O) groups excluding carboxylic acids is 1. The Hall–Kier alpha value is -2.80. The van der Waals surface area contributed by atoms with E-state index in [-0.39, 0.29) is 5.91 Å². The molecule has 1 fully saturated rings. The van der Waals surface area contributed by atoms with Crippen molar-refractivity contribution in [1.29, 1.82) is 5.26 Å².